The lowest BCUT2D eigenvalue weighted by atomic mass is 9.98. The summed E-state index contributed by atoms with van der Waals surface area (Å²) in [5.74, 6) is -1.47. The molecule has 3 aromatic carbocycles. The van der Waals surface area contributed by atoms with Crippen molar-refractivity contribution in [1.29, 1.82) is 0 Å². The van der Waals surface area contributed by atoms with Gasteiger partial charge in [0.25, 0.3) is 0 Å². The van der Waals surface area contributed by atoms with Gasteiger partial charge in [-0.1, -0.05) is 54.1 Å². The summed E-state index contributed by atoms with van der Waals surface area (Å²) >= 11 is 0. The highest BCUT2D eigenvalue weighted by atomic mass is 31.2. The number of esters is 1. The summed E-state index contributed by atoms with van der Waals surface area (Å²) in [4.78, 5) is 13.2. The minimum atomic E-state index is -3.76. The lowest BCUT2D eigenvalue weighted by Crippen LogP contribution is -2.19. The molecular formula is C26H31O6P. The van der Waals surface area contributed by atoms with Crippen molar-refractivity contribution in [3.8, 4) is 5.75 Å². The highest BCUT2D eigenvalue weighted by Gasteiger charge is 2.41. The minimum Gasteiger partial charge on any atom is -0.497 e. The van der Waals surface area contributed by atoms with Crippen molar-refractivity contribution >= 4 is 24.3 Å². The normalized spacial score (nSPS) is 13.5. The number of methoxy groups -OCH3 is 1. The molecule has 2 atom stereocenters. The number of benzene rings is 3. The number of rotatable bonds is 10. The van der Waals surface area contributed by atoms with Gasteiger partial charge in [0.2, 0.25) is 5.85 Å². The lowest BCUT2D eigenvalue weighted by Gasteiger charge is -2.27. The second kappa shape index (κ2) is 11.0. The van der Waals surface area contributed by atoms with Crippen LogP contribution in [0.1, 0.15) is 49.2 Å². The zero-order valence-electron chi connectivity index (χ0n) is 19.7. The maximum atomic E-state index is 13.6. The van der Waals surface area contributed by atoms with Crippen LogP contribution in [0.2, 0.25) is 0 Å². The van der Waals surface area contributed by atoms with Crippen LogP contribution in [0.3, 0.4) is 0 Å². The molecular weight excluding hydrogens is 439 g/mol. The minimum absolute atomic E-state index is 0.168. The Morgan fingerprint density at radius 2 is 1.45 bits per heavy atom. The van der Waals surface area contributed by atoms with E-state index >= 15 is 0 Å². The maximum absolute atomic E-state index is 13.6. The maximum Gasteiger partial charge on any atom is 0.375 e. The van der Waals surface area contributed by atoms with Crippen LogP contribution in [-0.2, 0) is 23.1 Å². The number of hydrogen-bond acceptors (Lipinski definition) is 6. The largest absolute Gasteiger partial charge is 0.497 e. The topological polar surface area (TPSA) is 71.1 Å². The first-order chi connectivity index (χ1) is 15.8. The molecule has 0 saturated heterocycles. The van der Waals surface area contributed by atoms with Gasteiger partial charge < -0.3 is 18.5 Å². The molecule has 7 heteroatoms. The average Bonchev–Trinajstić information content (AvgIpc) is 2.82. The molecule has 0 spiro atoms. The molecule has 0 unspecified atom stereocenters. The molecule has 0 N–H and O–H groups in total. The van der Waals surface area contributed by atoms with Crippen molar-refractivity contribution in [1.82, 2.24) is 0 Å². The van der Waals surface area contributed by atoms with Crippen LogP contribution in [-0.4, -0.2) is 26.3 Å². The number of carbonyl (C=O) groups excluding carboxylic acids is 1. The first kappa shape index (κ1) is 25.0. The fourth-order valence-electron chi connectivity index (χ4n) is 3.57. The van der Waals surface area contributed by atoms with Crippen molar-refractivity contribution in [2.45, 2.75) is 39.5 Å². The third-order valence-electron chi connectivity index (χ3n) is 5.42. The van der Waals surface area contributed by atoms with Crippen LogP contribution in [0.5, 0.6) is 5.75 Å². The summed E-state index contributed by atoms with van der Waals surface area (Å²) in [7, 11) is -2.13. The Hall–Kier alpha value is -2.66. The van der Waals surface area contributed by atoms with Crippen molar-refractivity contribution in [3.63, 3.8) is 0 Å². The predicted octanol–water partition coefficient (Wildman–Crippen LogP) is 6.77. The molecule has 33 heavy (non-hydrogen) atoms. The molecule has 0 saturated carbocycles. The van der Waals surface area contributed by atoms with E-state index in [2.05, 4.69) is 0 Å². The predicted molar refractivity (Wildman–Crippen MR) is 130 cm³/mol. The first-order valence-electron chi connectivity index (χ1n) is 11.0. The van der Waals surface area contributed by atoms with Gasteiger partial charge in [-0.2, -0.15) is 0 Å². The van der Waals surface area contributed by atoms with Gasteiger partial charge in [0.05, 0.1) is 26.2 Å². The van der Waals surface area contributed by atoms with Gasteiger partial charge >= 0.3 is 13.6 Å². The SMILES string of the molecule is CCOP(=O)(OCC)[C@H](OC(=O)[C@H](C)c1ccc2cc(OC)ccc2c1)c1ccc(C)cc1. The van der Waals surface area contributed by atoms with Crippen LogP contribution < -0.4 is 4.74 Å². The third kappa shape index (κ3) is 5.83. The van der Waals surface area contributed by atoms with Crippen molar-refractivity contribution in [3.05, 3.63) is 77.4 Å². The summed E-state index contributed by atoms with van der Waals surface area (Å²) in [5, 5.41) is 1.99. The van der Waals surface area contributed by atoms with Gasteiger partial charge in [0, 0.05) is 5.56 Å². The molecule has 0 radical (unpaired) electrons. The molecule has 0 bridgehead atoms. The van der Waals surface area contributed by atoms with Crippen LogP contribution in [0.15, 0.2) is 60.7 Å². The molecule has 3 rings (SSSR count). The first-order valence-corrected chi connectivity index (χ1v) is 12.7. The fraction of sp³-hybridized carbons (Fsp3) is 0.346. The second-order valence-electron chi connectivity index (χ2n) is 7.77. The molecule has 0 aromatic heterocycles. The second-order valence-corrected chi connectivity index (χ2v) is 9.83. The zero-order valence-corrected chi connectivity index (χ0v) is 20.6. The quantitative estimate of drug-likeness (QED) is 0.241. The van der Waals surface area contributed by atoms with E-state index in [1.165, 1.54) is 0 Å². The van der Waals surface area contributed by atoms with Gasteiger partial charge in [-0.15, -0.1) is 0 Å². The molecule has 0 amide bonds. The van der Waals surface area contributed by atoms with E-state index in [-0.39, 0.29) is 13.2 Å². The third-order valence-corrected chi connectivity index (χ3v) is 7.63. The van der Waals surface area contributed by atoms with E-state index in [0.717, 1.165) is 27.6 Å². The Morgan fingerprint density at radius 3 is 2.06 bits per heavy atom. The molecule has 0 aliphatic rings. The zero-order chi connectivity index (χ0) is 24.0. The molecule has 3 aromatic rings. The van der Waals surface area contributed by atoms with Gasteiger partial charge in [0.1, 0.15) is 5.75 Å². The van der Waals surface area contributed by atoms with E-state index in [1.54, 1.807) is 40.0 Å². The van der Waals surface area contributed by atoms with E-state index < -0.39 is 25.3 Å². The summed E-state index contributed by atoms with van der Waals surface area (Å²) in [6, 6.07) is 18.9. The van der Waals surface area contributed by atoms with E-state index in [9.17, 15) is 9.36 Å². The number of hydrogen-bond donors (Lipinski definition) is 0. The number of carbonyl (C=O) groups is 1. The molecule has 0 heterocycles. The van der Waals surface area contributed by atoms with Crippen LogP contribution in [0.4, 0.5) is 0 Å². The van der Waals surface area contributed by atoms with Gasteiger partial charge in [-0.25, -0.2) is 0 Å². The van der Waals surface area contributed by atoms with Crippen LogP contribution in [0, 0.1) is 6.92 Å². The molecule has 0 fully saturated rings. The smallest absolute Gasteiger partial charge is 0.375 e. The molecule has 0 aliphatic carbocycles. The number of fused-ring (bicyclic) bond motifs is 1. The Bertz CT molecular complexity index is 1130. The van der Waals surface area contributed by atoms with Gasteiger partial charge in [-0.05, 0) is 56.2 Å². The summed E-state index contributed by atoms with van der Waals surface area (Å²) in [6.07, 6.45) is 0. The van der Waals surface area contributed by atoms with E-state index in [0.29, 0.717) is 5.56 Å². The molecule has 0 aliphatic heterocycles. The Morgan fingerprint density at radius 1 is 0.879 bits per heavy atom. The lowest BCUT2D eigenvalue weighted by molar-refractivity contribution is -0.148. The summed E-state index contributed by atoms with van der Waals surface area (Å²) < 4.78 is 35.8. The molecule has 6 nitrogen and oxygen atoms in total. The van der Waals surface area contributed by atoms with E-state index in [1.807, 2.05) is 55.5 Å². The summed E-state index contributed by atoms with van der Waals surface area (Å²) in [6.45, 7) is 7.51. The Labute approximate surface area is 195 Å². The molecule has 176 valence electrons. The number of ether oxygens (including phenoxy) is 2. The average molecular weight is 471 g/mol. The summed E-state index contributed by atoms with van der Waals surface area (Å²) in [5.41, 5.74) is 2.40. The fourth-order valence-corrected chi connectivity index (χ4v) is 5.40. The number of aryl methyl sites for hydroxylation is 1. The van der Waals surface area contributed by atoms with Crippen LogP contribution in [0.25, 0.3) is 10.8 Å². The van der Waals surface area contributed by atoms with Crippen LogP contribution >= 0.6 is 7.60 Å². The highest BCUT2D eigenvalue weighted by Crippen LogP contribution is 2.61. The standard InChI is InChI=1S/C26H31O6P/c1-6-30-33(28,31-7-2)26(20-10-8-18(3)9-11-20)32-25(27)19(4)21-12-13-23-17-24(29-5)15-14-22(23)16-21/h8-17,19,26H,6-7H2,1-5H3/t19-,26+/m1/s1. The van der Waals surface area contributed by atoms with Crippen molar-refractivity contribution in [2.75, 3.05) is 20.3 Å². The highest BCUT2D eigenvalue weighted by molar-refractivity contribution is 7.54. The van der Waals surface area contributed by atoms with Gasteiger partial charge in [-0.3, -0.25) is 9.36 Å². The monoisotopic (exact) mass is 470 g/mol. The Balaban J connectivity index is 1.91. The Kier molecular flexibility index (Phi) is 8.30. The van der Waals surface area contributed by atoms with Gasteiger partial charge in [0.15, 0.2) is 0 Å². The van der Waals surface area contributed by atoms with E-state index in [4.69, 9.17) is 18.5 Å². The van der Waals surface area contributed by atoms with Crippen molar-refractivity contribution < 1.29 is 27.9 Å². The van der Waals surface area contributed by atoms with Crippen molar-refractivity contribution in [2.24, 2.45) is 0 Å².